The first kappa shape index (κ1) is 17.3. The van der Waals surface area contributed by atoms with Gasteiger partial charge in [0.2, 0.25) is 0 Å². The van der Waals surface area contributed by atoms with Crippen LogP contribution >= 0.6 is 0 Å². The van der Waals surface area contributed by atoms with Gasteiger partial charge in [0, 0.05) is 38.9 Å². The number of piperazine rings is 1. The van der Waals surface area contributed by atoms with Crippen molar-refractivity contribution in [3.8, 4) is 6.07 Å². The molecule has 1 fully saturated rings. The Labute approximate surface area is 144 Å². The number of nitrogens with zero attached hydrogens (tertiary/aromatic N) is 4. The van der Waals surface area contributed by atoms with E-state index in [2.05, 4.69) is 16.0 Å². The van der Waals surface area contributed by atoms with Gasteiger partial charge in [-0.15, -0.1) is 0 Å². The zero-order valence-corrected chi connectivity index (χ0v) is 13.6. The van der Waals surface area contributed by atoms with Gasteiger partial charge in [0.25, 0.3) is 0 Å². The summed E-state index contributed by atoms with van der Waals surface area (Å²) in [5.41, 5.74) is 0.899. The van der Waals surface area contributed by atoms with Crippen molar-refractivity contribution in [1.29, 1.82) is 5.26 Å². The van der Waals surface area contributed by atoms with Gasteiger partial charge in [-0.3, -0.25) is 4.90 Å². The van der Waals surface area contributed by atoms with E-state index in [1.807, 2.05) is 4.90 Å². The average molecular weight is 344 g/mol. The van der Waals surface area contributed by atoms with Crippen molar-refractivity contribution in [3.63, 3.8) is 0 Å². The third kappa shape index (κ3) is 3.92. The molecule has 1 aromatic heterocycles. The van der Waals surface area contributed by atoms with E-state index in [1.165, 1.54) is 6.07 Å². The summed E-state index contributed by atoms with van der Waals surface area (Å²) in [6.07, 6.45) is 0.779. The molecule has 2 aromatic rings. The van der Waals surface area contributed by atoms with Gasteiger partial charge in [-0.1, -0.05) is 6.07 Å². The molecule has 0 aliphatic carbocycles. The number of pyridine rings is 1. The maximum atomic E-state index is 13.3. The van der Waals surface area contributed by atoms with Crippen LogP contribution in [0.5, 0.6) is 0 Å². The van der Waals surface area contributed by atoms with Crippen LogP contribution in [-0.2, 0) is 0 Å². The summed E-state index contributed by atoms with van der Waals surface area (Å²) in [7, 11) is 0. The van der Waals surface area contributed by atoms with Crippen LogP contribution in [0, 0.1) is 23.0 Å². The highest BCUT2D eigenvalue weighted by molar-refractivity contribution is 5.53. The third-order valence-electron chi connectivity index (χ3n) is 4.34. The SMILES string of the molecule is N#Cc1cccnc1N1CCN(CC(O)c2ccc(F)c(F)c2)CC1. The van der Waals surface area contributed by atoms with Crippen molar-refractivity contribution in [1.82, 2.24) is 9.88 Å². The fraction of sp³-hybridized carbons (Fsp3) is 0.333. The molecule has 3 rings (SSSR count). The minimum absolute atomic E-state index is 0.340. The van der Waals surface area contributed by atoms with Crippen LogP contribution in [0.2, 0.25) is 0 Å². The second-order valence-electron chi connectivity index (χ2n) is 5.96. The predicted octanol–water partition coefficient (Wildman–Crippen LogP) is 2.09. The summed E-state index contributed by atoms with van der Waals surface area (Å²) in [6.45, 7) is 3.06. The fourth-order valence-electron chi connectivity index (χ4n) is 2.95. The monoisotopic (exact) mass is 344 g/mol. The highest BCUT2D eigenvalue weighted by Gasteiger charge is 2.22. The average Bonchev–Trinajstić information content (AvgIpc) is 2.64. The van der Waals surface area contributed by atoms with E-state index < -0.39 is 17.7 Å². The molecule has 0 bridgehead atoms. The van der Waals surface area contributed by atoms with Crippen LogP contribution < -0.4 is 4.90 Å². The maximum Gasteiger partial charge on any atom is 0.159 e. The smallest absolute Gasteiger partial charge is 0.159 e. The normalized spacial score (nSPS) is 16.5. The van der Waals surface area contributed by atoms with Crippen LogP contribution in [0.25, 0.3) is 0 Å². The van der Waals surface area contributed by atoms with Crippen LogP contribution in [-0.4, -0.2) is 47.7 Å². The summed E-state index contributed by atoms with van der Waals surface area (Å²) < 4.78 is 26.3. The minimum atomic E-state index is -0.958. The van der Waals surface area contributed by atoms with Crippen molar-refractivity contribution < 1.29 is 13.9 Å². The van der Waals surface area contributed by atoms with E-state index in [0.29, 0.717) is 49.7 Å². The number of hydrogen-bond acceptors (Lipinski definition) is 5. The van der Waals surface area contributed by atoms with E-state index in [9.17, 15) is 19.1 Å². The number of nitriles is 1. The van der Waals surface area contributed by atoms with Crippen molar-refractivity contribution in [2.24, 2.45) is 0 Å². The van der Waals surface area contributed by atoms with Crippen molar-refractivity contribution in [2.75, 3.05) is 37.6 Å². The number of β-amino-alcohol motifs (C(OH)–C–C–N with tert-alkyl or cyclic N) is 1. The molecular weight excluding hydrogens is 326 g/mol. The van der Waals surface area contributed by atoms with Gasteiger partial charge >= 0.3 is 0 Å². The van der Waals surface area contributed by atoms with Gasteiger partial charge in [0.1, 0.15) is 11.9 Å². The number of aliphatic hydroxyl groups is 1. The lowest BCUT2D eigenvalue weighted by atomic mass is 10.1. The van der Waals surface area contributed by atoms with Crippen LogP contribution in [0.4, 0.5) is 14.6 Å². The van der Waals surface area contributed by atoms with Crippen molar-refractivity contribution in [3.05, 3.63) is 59.3 Å². The molecule has 1 atom stereocenters. The molecule has 1 aliphatic rings. The number of anilines is 1. The second-order valence-corrected chi connectivity index (χ2v) is 5.96. The predicted molar refractivity (Wildman–Crippen MR) is 88.9 cm³/mol. The number of rotatable bonds is 4. The molecule has 25 heavy (non-hydrogen) atoms. The molecule has 1 aliphatic heterocycles. The Hall–Kier alpha value is -2.56. The number of benzene rings is 1. The van der Waals surface area contributed by atoms with Crippen LogP contribution in [0.15, 0.2) is 36.5 Å². The Bertz CT molecular complexity index is 785. The molecule has 130 valence electrons. The number of aliphatic hydroxyl groups excluding tert-OH is 1. The summed E-state index contributed by atoms with van der Waals surface area (Å²) in [5.74, 6) is -1.21. The molecule has 1 saturated heterocycles. The van der Waals surface area contributed by atoms with Gasteiger partial charge in [-0.2, -0.15) is 5.26 Å². The number of aromatic nitrogens is 1. The van der Waals surface area contributed by atoms with Crippen LogP contribution in [0.3, 0.4) is 0 Å². The lowest BCUT2D eigenvalue weighted by Crippen LogP contribution is -2.48. The van der Waals surface area contributed by atoms with Gasteiger partial charge in [0.05, 0.1) is 11.7 Å². The molecule has 0 amide bonds. The Morgan fingerprint density at radius 2 is 1.92 bits per heavy atom. The van der Waals surface area contributed by atoms with Gasteiger partial charge in [-0.05, 0) is 29.8 Å². The van der Waals surface area contributed by atoms with E-state index >= 15 is 0 Å². The molecule has 1 unspecified atom stereocenters. The van der Waals surface area contributed by atoms with Crippen molar-refractivity contribution >= 4 is 5.82 Å². The Morgan fingerprint density at radius 1 is 1.16 bits per heavy atom. The first-order valence-electron chi connectivity index (χ1n) is 8.04. The Kier molecular flexibility index (Phi) is 5.22. The molecule has 1 aromatic carbocycles. The van der Waals surface area contributed by atoms with E-state index in [1.54, 1.807) is 18.3 Å². The maximum absolute atomic E-state index is 13.3. The summed E-state index contributed by atoms with van der Waals surface area (Å²) in [6, 6.07) is 9.06. The largest absolute Gasteiger partial charge is 0.387 e. The molecule has 5 nitrogen and oxygen atoms in total. The van der Waals surface area contributed by atoms with E-state index in [-0.39, 0.29) is 0 Å². The third-order valence-corrected chi connectivity index (χ3v) is 4.34. The quantitative estimate of drug-likeness (QED) is 0.920. The molecule has 7 heteroatoms. The second kappa shape index (κ2) is 7.55. The van der Waals surface area contributed by atoms with E-state index in [4.69, 9.17) is 0 Å². The topological polar surface area (TPSA) is 63.4 Å². The molecule has 2 heterocycles. The minimum Gasteiger partial charge on any atom is -0.387 e. The number of hydrogen-bond donors (Lipinski definition) is 1. The standard InChI is InChI=1S/C18H18F2N4O/c19-15-4-3-13(10-16(15)20)17(25)12-23-6-8-24(9-7-23)18-14(11-21)2-1-5-22-18/h1-5,10,17,25H,6-9,12H2. The van der Waals surface area contributed by atoms with Crippen molar-refractivity contribution in [2.45, 2.75) is 6.10 Å². The highest BCUT2D eigenvalue weighted by atomic mass is 19.2. The Morgan fingerprint density at radius 3 is 2.60 bits per heavy atom. The highest BCUT2D eigenvalue weighted by Crippen LogP contribution is 2.21. The first-order valence-corrected chi connectivity index (χ1v) is 8.04. The zero-order chi connectivity index (χ0) is 17.8. The lowest BCUT2D eigenvalue weighted by molar-refractivity contribution is 0.109. The molecule has 0 radical (unpaired) electrons. The van der Waals surface area contributed by atoms with E-state index in [0.717, 1.165) is 12.1 Å². The molecular formula is C18H18F2N4O. The zero-order valence-electron chi connectivity index (χ0n) is 13.6. The van der Waals surface area contributed by atoms with Gasteiger partial charge in [-0.25, -0.2) is 13.8 Å². The summed E-state index contributed by atoms with van der Waals surface area (Å²) in [4.78, 5) is 8.38. The molecule has 0 saturated carbocycles. The molecule has 1 N–H and O–H groups in total. The number of halogens is 2. The first-order chi connectivity index (χ1) is 12.1. The summed E-state index contributed by atoms with van der Waals surface area (Å²) >= 11 is 0. The van der Waals surface area contributed by atoms with Gasteiger partial charge in [0.15, 0.2) is 11.6 Å². The van der Waals surface area contributed by atoms with Crippen LogP contribution in [0.1, 0.15) is 17.2 Å². The molecule has 0 spiro atoms. The fourth-order valence-corrected chi connectivity index (χ4v) is 2.95. The lowest BCUT2D eigenvalue weighted by Gasteiger charge is -2.36. The van der Waals surface area contributed by atoms with Gasteiger partial charge < -0.3 is 10.0 Å². The Balaban J connectivity index is 1.59. The summed E-state index contributed by atoms with van der Waals surface area (Å²) in [5, 5.41) is 19.4.